The summed E-state index contributed by atoms with van der Waals surface area (Å²) in [7, 11) is 0. The van der Waals surface area contributed by atoms with Gasteiger partial charge >= 0.3 is 6.09 Å². The Kier molecular flexibility index (Phi) is 6.49. The molecule has 2 aliphatic rings. The Hall–Kier alpha value is -2.56. The second kappa shape index (κ2) is 9.29. The smallest absolute Gasteiger partial charge is 0.409 e. The molecule has 1 aliphatic carbocycles. The highest BCUT2D eigenvalue weighted by molar-refractivity contribution is 7.79. The number of benzene rings is 1. The Morgan fingerprint density at radius 3 is 2.45 bits per heavy atom. The van der Waals surface area contributed by atoms with Crippen molar-refractivity contribution in [2.45, 2.75) is 31.1 Å². The van der Waals surface area contributed by atoms with Crippen molar-refractivity contribution in [1.82, 2.24) is 9.97 Å². The summed E-state index contributed by atoms with van der Waals surface area (Å²) in [5.41, 5.74) is 1.57. The topological polar surface area (TPSA) is 125 Å². The molecule has 3 N–H and O–H groups in total. The number of ether oxygens (including phenoxy) is 1. The van der Waals surface area contributed by atoms with E-state index in [-0.39, 0.29) is 5.75 Å². The SMILES string of the molecule is O=C(O)Nc1ccc(-c2nc(N3CCOCC3)cc(C3(CS(=O)O)CCCC3)n2)cc1. The van der Waals surface area contributed by atoms with Gasteiger partial charge in [-0.25, -0.2) is 19.0 Å². The number of hydrogen-bond donors (Lipinski definition) is 3. The van der Waals surface area contributed by atoms with Crippen molar-refractivity contribution >= 4 is 28.7 Å². The molecule has 4 rings (SSSR count). The lowest BCUT2D eigenvalue weighted by molar-refractivity contribution is 0.122. The Labute approximate surface area is 183 Å². The van der Waals surface area contributed by atoms with Gasteiger partial charge < -0.3 is 19.3 Å². The zero-order valence-electron chi connectivity index (χ0n) is 17.1. The fraction of sp³-hybridized carbons (Fsp3) is 0.476. The minimum absolute atomic E-state index is 0.160. The van der Waals surface area contributed by atoms with Crippen molar-refractivity contribution in [3.63, 3.8) is 0 Å². The molecule has 1 aromatic carbocycles. The van der Waals surface area contributed by atoms with E-state index in [0.717, 1.165) is 55.8 Å². The van der Waals surface area contributed by atoms with Crippen LogP contribution in [0, 0.1) is 0 Å². The van der Waals surface area contributed by atoms with E-state index in [1.165, 1.54) is 0 Å². The van der Waals surface area contributed by atoms with Gasteiger partial charge in [0.25, 0.3) is 0 Å². The van der Waals surface area contributed by atoms with Gasteiger partial charge in [-0.3, -0.25) is 5.32 Å². The molecule has 1 saturated heterocycles. The van der Waals surface area contributed by atoms with Crippen LogP contribution in [0.5, 0.6) is 0 Å². The van der Waals surface area contributed by atoms with E-state index in [1.54, 1.807) is 24.3 Å². The first kappa shape index (κ1) is 21.7. The third-order valence-electron chi connectivity index (χ3n) is 5.95. The minimum Gasteiger partial charge on any atom is -0.465 e. The lowest BCUT2D eigenvalue weighted by Gasteiger charge is -2.31. The lowest BCUT2D eigenvalue weighted by Crippen LogP contribution is -2.37. The number of carbonyl (C=O) groups is 1. The van der Waals surface area contributed by atoms with Gasteiger partial charge in [0.15, 0.2) is 16.9 Å². The molecule has 1 unspecified atom stereocenters. The standard InChI is InChI=1S/C21H26N4O5S/c26-20(27)22-16-5-3-15(4-6-16)19-23-17(21(14-31(28)29)7-1-2-8-21)13-18(24-19)25-9-11-30-12-10-25/h3-6,13,22H,1-2,7-12,14H2,(H,26,27)(H,28,29). The molecule has 10 heteroatoms. The van der Waals surface area contributed by atoms with Crippen LogP contribution in [-0.4, -0.2) is 62.0 Å². The Bertz CT molecular complexity index is 957. The highest BCUT2D eigenvalue weighted by atomic mass is 32.2. The molecule has 0 bridgehead atoms. The van der Waals surface area contributed by atoms with Crippen molar-refractivity contribution in [2.75, 3.05) is 42.3 Å². The molecule has 1 atom stereocenters. The van der Waals surface area contributed by atoms with E-state index in [9.17, 15) is 13.6 Å². The van der Waals surface area contributed by atoms with Crippen LogP contribution in [0.1, 0.15) is 31.4 Å². The van der Waals surface area contributed by atoms with E-state index in [4.69, 9.17) is 19.8 Å². The van der Waals surface area contributed by atoms with Crippen molar-refractivity contribution in [3.05, 3.63) is 36.0 Å². The molecule has 2 heterocycles. The highest BCUT2D eigenvalue weighted by Crippen LogP contribution is 2.42. The summed E-state index contributed by atoms with van der Waals surface area (Å²) in [6.45, 7) is 2.68. The average molecular weight is 447 g/mol. The summed E-state index contributed by atoms with van der Waals surface area (Å²) in [5, 5.41) is 11.2. The number of anilines is 2. The maximum absolute atomic E-state index is 11.8. The fourth-order valence-corrected chi connectivity index (χ4v) is 5.29. The van der Waals surface area contributed by atoms with Crippen LogP contribution in [0.2, 0.25) is 0 Å². The zero-order valence-corrected chi connectivity index (χ0v) is 17.9. The molecule has 1 aromatic heterocycles. The largest absolute Gasteiger partial charge is 0.465 e. The van der Waals surface area contributed by atoms with Crippen LogP contribution < -0.4 is 10.2 Å². The molecule has 1 saturated carbocycles. The molecular weight excluding hydrogens is 420 g/mol. The quantitative estimate of drug-likeness (QED) is 0.578. The Morgan fingerprint density at radius 2 is 1.84 bits per heavy atom. The second-order valence-electron chi connectivity index (χ2n) is 8.00. The molecule has 166 valence electrons. The maximum atomic E-state index is 11.8. The molecule has 9 nitrogen and oxygen atoms in total. The molecule has 31 heavy (non-hydrogen) atoms. The van der Waals surface area contributed by atoms with Crippen LogP contribution >= 0.6 is 0 Å². The van der Waals surface area contributed by atoms with Gasteiger partial charge in [-0.05, 0) is 37.1 Å². The summed E-state index contributed by atoms with van der Waals surface area (Å²) in [5.74, 6) is 1.47. The van der Waals surface area contributed by atoms with Crippen LogP contribution in [0.4, 0.5) is 16.3 Å². The van der Waals surface area contributed by atoms with Gasteiger partial charge in [0.2, 0.25) is 0 Å². The number of amides is 1. The number of nitrogens with zero attached hydrogens (tertiary/aromatic N) is 3. The normalized spacial score (nSPS) is 19.2. The van der Waals surface area contributed by atoms with Crippen LogP contribution in [-0.2, 0) is 21.2 Å². The van der Waals surface area contributed by atoms with Gasteiger partial charge in [0.1, 0.15) is 5.82 Å². The minimum atomic E-state index is -1.92. The summed E-state index contributed by atoms with van der Waals surface area (Å²) < 4.78 is 27.0. The van der Waals surface area contributed by atoms with Crippen molar-refractivity contribution < 1.29 is 23.4 Å². The lowest BCUT2D eigenvalue weighted by atomic mass is 9.84. The van der Waals surface area contributed by atoms with Crippen molar-refractivity contribution in [3.8, 4) is 11.4 Å². The fourth-order valence-electron chi connectivity index (χ4n) is 4.38. The second-order valence-corrected chi connectivity index (χ2v) is 8.93. The number of aromatic nitrogens is 2. The predicted octanol–water partition coefficient (Wildman–Crippen LogP) is 3.10. The van der Waals surface area contributed by atoms with Gasteiger partial charge in [-0.2, -0.15) is 0 Å². The average Bonchev–Trinajstić information content (AvgIpc) is 3.23. The van der Waals surface area contributed by atoms with E-state index in [2.05, 4.69) is 10.2 Å². The summed E-state index contributed by atoms with van der Waals surface area (Å²) in [6, 6.07) is 8.86. The summed E-state index contributed by atoms with van der Waals surface area (Å²) in [6.07, 6.45) is 2.51. The van der Waals surface area contributed by atoms with Gasteiger partial charge in [-0.1, -0.05) is 12.8 Å². The first-order valence-electron chi connectivity index (χ1n) is 10.4. The number of rotatable bonds is 6. The summed E-state index contributed by atoms with van der Waals surface area (Å²) in [4.78, 5) is 22.6. The Morgan fingerprint density at radius 1 is 1.16 bits per heavy atom. The third kappa shape index (κ3) is 5.03. The van der Waals surface area contributed by atoms with Crippen LogP contribution in [0.3, 0.4) is 0 Å². The molecule has 0 radical (unpaired) electrons. The molecule has 0 spiro atoms. The van der Waals surface area contributed by atoms with Gasteiger partial charge in [0, 0.05) is 35.8 Å². The highest BCUT2D eigenvalue weighted by Gasteiger charge is 2.39. The van der Waals surface area contributed by atoms with Gasteiger partial charge in [0.05, 0.1) is 24.7 Å². The first-order chi connectivity index (χ1) is 14.9. The number of morpholine rings is 1. The number of hydrogen-bond acceptors (Lipinski definition) is 6. The zero-order chi connectivity index (χ0) is 21.8. The number of carboxylic acid groups (broad SMARTS) is 1. The molecule has 1 aliphatic heterocycles. The third-order valence-corrected chi connectivity index (χ3v) is 6.75. The molecule has 2 fully saturated rings. The van der Waals surface area contributed by atoms with Crippen LogP contribution in [0.25, 0.3) is 11.4 Å². The van der Waals surface area contributed by atoms with Crippen LogP contribution in [0.15, 0.2) is 30.3 Å². The molecule has 2 aromatic rings. The molecular formula is C21H26N4O5S. The van der Waals surface area contributed by atoms with E-state index < -0.39 is 22.6 Å². The van der Waals surface area contributed by atoms with E-state index >= 15 is 0 Å². The predicted molar refractivity (Wildman–Crippen MR) is 118 cm³/mol. The van der Waals surface area contributed by atoms with E-state index in [1.807, 2.05) is 6.07 Å². The van der Waals surface area contributed by atoms with Gasteiger partial charge in [-0.15, -0.1) is 0 Å². The van der Waals surface area contributed by atoms with E-state index in [0.29, 0.717) is 24.7 Å². The van der Waals surface area contributed by atoms with Crippen molar-refractivity contribution in [1.29, 1.82) is 0 Å². The maximum Gasteiger partial charge on any atom is 0.409 e. The monoisotopic (exact) mass is 446 g/mol. The number of nitrogens with one attached hydrogen (secondary N) is 1. The first-order valence-corrected chi connectivity index (χ1v) is 11.6. The summed E-state index contributed by atoms with van der Waals surface area (Å²) >= 11 is -1.92. The molecule has 1 amide bonds. The van der Waals surface area contributed by atoms with Crippen molar-refractivity contribution in [2.24, 2.45) is 0 Å². The Balaban J connectivity index is 1.76.